The number of para-hydroxylation sites is 2. The first-order valence-electron chi connectivity index (χ1n) is 7.70. The molecule has 1 amide bonds. The topological polar surface area (TPSA) is 82.2 Å². The van der Waals surface area contributed by atoms with Crippen molar-refractivity contribution in [3.8, 4) is 0 Å². The first-order chi connectivity index (χ1) is 11.7. The van der Waals surface area contributed by atoms with Crippen molar-refractivity contribution < 1.29 is 4.79 Å². The van der Waals surface area contributed by atoms with E-state index in [0.29, 0.717) is 6.41 Å². The van der Waals surface area contributed by atoms with Gasteiger partial charge < -0.3 is 10.3 Å². The molecule has 0 bridgehead atoms. The van der Waals surface area contributed by atoms with Crippen LogP contribution in [0.4, 0.5) is 5.95 Å². The smallest absolute Gasteiger partial charge is 0.227 e. The van der Waals surface area contributed by atoms with Crippen LogP contribution in [0, 0.1) is 6.92 Å². The lowest BCUT2D eigenvalue weighted by Gasteiger charge is -1.93. The summed E-state index contributed by atoms with van der Waals surface area (Å²) in [5, 5.41) is 6.79. The van der Waals surface area contributed by atoms with Crippen LogP contribution in [0.2, 0.25) is 0 Å². The molecule has 3 aromatic rings. The van der Waals surface area contributed by atoms with E-state index in [4.69, 9.17) is 0 Å². The normalized spacial score (nSPS) is 10.2. The Hall–Kier alpha value is -3.15. The molecule has 3 rings (SSSR count). The maximum atomic E-state index is 9.84. The lowest BCUT2D eigenvalue weighted by molar-refractivity contribution is -0.109. The van der Waals surface area contributed by atoms with Crippen molar-refractivity contribution >= 4 is 29.6 Å². The summed E-state index contributed by atoms with van der Waals surface area (Å²) < 4.78 is 0. The average molecular weight is 323 g/mol. The highest BCUT2D eigenvalue weighted by molar-refractivity contribution is 5.80. The molecule has 0 saturated heterocycles. The van der Waals surface area contributed by atoms with Gasteiger partial charge in [0.05, 0.1) is 17.2 Å². The Labute approximate surface area is 141 Å². The highest BCUT2D eigenvalue weighted by Gasteiger charge is 1.98. The fraction of sp³-hybridized carbons (Fsp3) is 0.167. The maximum absolute atomic E-state index is 9.84. The number of benzene rings is 2. The van der Waals surface area contributed by atoms with E-state index in [1.165, 1.54) is 5.56 Å². The highest BCUT2D eigenvalue weighted by atomic mass is 16.1. The van der Waals surface area contributed by atoms with Gasteiger partial charge in [-0.2, -0.15) is 5.10 Å². The number of imidazole rings is 1. The van der Waals surface area contributed by atoms with E-state index in [1.54, 1.807) is 6.21 Å². The van der Waals surface area contributed by atoms with Gasteiger partial charge in [-0.15, -0.1) is 0 Å². The number of anilines is 1. The maximum Gasteiger partial charge on any atom is 0.227 e. The third-order valence-corrected chi connectivity index (χ3v) is 3.12. The molecule has 1 heterocycles. The first-order valence-corrected chi connectivity index (χ1v) is 7.70. The lowest BCUT2D eigenvalue weighted by Crippen LogP contribution is -2.00. The standard InChI is InChI=1S/C9H11N3.C9H10N2O/c1-2-10-9-11-7-5-3-4-6-8(7)12-9;1-8-3-2-4-9(5-8)6-10-11-7-12/h3-6H,2H2,1H3,(H2,10,11,12);2-7H,1H3,(H,11,12)/b;10-6+. The van der Waals surface area contributed by atoms with Gasteiger partial charge in [-0.1, -0.05) is 42.0 Å². The fourth-order valence-electron chi connectivity index (χ4n) is 2.10. The molecule has 24 heavy (non-hydrogen) atoms. The van der Waals surface area contributed by atoms with Crippen LogP contribution in [0.25, 0.3) is 11.0 Å². The molecule has 0 fully saturated rings. The predicted molar refractivity (Wildman–Crippen MR) is 98.2 cm³/mol. The van der Waals surface area contributed by atoms with Crippen LogP contribution in [-0.2, 0) is 4.79 Å². The monoisotopic (exact) mass is 323 g/mol. The molecule has 0 saturated carbocycles. The van der Waals surface area contributed by atoms with Crippen molar-refractivity contribution in [1.29, 1.82) is 0 Å². The summed E-state index contributed by atoms with van der Waals surface area (Å²) in [6.45, 7) is 4.94. The zero-order chi connectivity index (χ0) is 17.2. The Kier molecular flexibility index (Phi) is 6.52. The van der Waals surface area contributed by atoms with Crippen molar-refractivity contribution in [2.45, 2.75) is 13.8 Å². The summed E-state index contributed by atoms with van der Waals surface area (Å²) in [6, 6.07) is 15.8. The Morgan fingerprint density at radius 1 is 1.21 bits per heavy atom. The number of carbonyl (C=O) groups excluding carboxylic acids is 1. The summed E-state index contributed by atoms with van der Waals surface area (Å²) in [4.78, 5) is 17.3. The number of fused-ring (bicyclic) bond motifs is 1. The molecule has 0 aliphatic carbocycles. The quantitative estimate of drug-likeness (QED) is 0.383. The number of rotatable bonds is 5. The number of hydrogen-bond donors (Lipinski definition) is 3. The predicted octanol–water partition coefficient (Wildman–Crippen LogP) is 3.07. The minimum Gasteiger partial charge on any atom is -0.356 e. The van der Waals surface area contributed by atoms with Gasteiger partial charge in [-0.3, -0.25) is 4.79 Å². The van der Waals surface area contributed by atoms with E-state index >= 15 is 0 Å². The number of amides is 1. The number of aromatic nitrogens is 2. The molecule has 0 aliphatic heterocycles. The third-order valence-electron chi connectivity index (χ3n) is 3.12. The highest BCUT2D eigenvalue weighted by Crippen LogP contribution is 2.12. The van der Waals surface area contributed by atoms with Crippen molar-refractivity contribution in [2.75, 3.05) is 11.9 Å². The molecule has 0 radical (unpaired) electrons. The Balaban J connectivity index is 0.000000174. The zero-order valence-corrected chi connectivity index (χ0v) is 13.8. The van der Waals surface area contributed by atoms with Crippen LogP contribution in [-0.4, -0.2) is 29.1 Å². The van der Waals surface area contributed by atoms with Gasteiger partial charge in [0.15, 0.2) is 0 Å². The zero-order valence-electron chi connectivity index (χ0n) is 13.8. The van der Waals surface area contributed by atoms with Crippen molar-refractivity contribution in [1.82, 2.24) is 15.4 Å². The third kappa shape index (κ3) is 5.24. The van der Waals surface area contributed by atoms with Gasteiger partial charge in [0, 0.05) is 6.54 Å². The molecule has 1 aromatic heterocycles. The summed E-state index contributed by atoms with van der Waals surface area (Å²) in [7, 11) is 0. The SMILES string of the molecule is CCNc1nc2ccccc2[nH]1.Cc1cccc(/C=N/NC=O)c1. The molecule has 0 spiro atoms. The number of hydrogen-bond acceptors (Lipinski definition) is 4. The second-order valence-electron chi connectivity index (χ2n) is 5.05. The molecular weight excluding hydrogens is 302 g/mol. The van der Waals surface area contributed by atoms with Crippen LogP contribution in [0.15, 0.2) is 53.6 Å². The van der Waals surface area contributed by atoms with E-state index in [9.17, 15) is 4.79 Å². The first kappa shape index (κ1) is 17.2. The molecule has 124 valence electrons. The second kappa shape index (κ2) is 9.09. The number of nitrogens with zero attached hydrogens (tertiary/aromatic N) is 2. The Morgan fingerprint density at radius 2 is 2.04 bits per heavy atom. The van der Waals surface area contributed by atoms with Crippen LogP contribution in [0.1, 0.15) is 18.1 Å². The van der Waals surface area contributed by atoms with E-state index < -0.39 is 0 Å². The molecular formula is C18H21N5O. The lowest BCUT2D eigenvalue weighted by atomic mass is 10.2. The molecule has 6 heteroatoms. The van der Waals surface area contributed by atoms with Crippen LogP contribution in [0.5, 0.6) is 0 Å². The van der Waals surface area contributed by atoms with E-state index in [1.807, 2.05) is 62.4 Å². The van der Waals surface area contributed by atoms with Crippen LogP contribution in [0.3, 0.4) is 0 Å². The summed E-state index contributed by atoms with van der Waals surface area (Å²) in [5.41, 5.74) is 6.44. The van der Waals surface area contributed by atoms with Gasteiger partial charge in [-0.25, -0.2) is 10.4 Å². The van der Waals surface area contributed by atoms with E-state index in [2.05, 4.69) is 25.8 Å². The molecule has 2 aromatic carbocycles. The summed E-state index contributed by atoms with van der Waals surface area (Å²) >= 11 is 0. The number of hydrazone groups is 1. The Bertz CT molecular complexity index is 777. The number of aromatic amines is 1. The summed E-state index contributed by atoms with van der Waals surface area (Å²) in [5.74, 6) is 0.846. The fourth-order valence-corrected chi connectivity index (χ4v) is 2.10. The van der Waals surface area contributed by atoms with Crippen molar-refractivity contribution in [3.63, 3.8) is 0 Å². The molecule has 0 atom stereocenters. The Morgan fingerprint density at radius 3 is 2.75 bits per heavy atom. The van der Waals surface area contributed by atoms with Gasteiger partial charge >= 0.3 is 0 Å². The van der Waals surface area contributed by atoms with Gasteiger partial charge in [-0.05, 0) is 31.5 Å². The molecule has 3 N–H and O–H groups in total. The number of carbonyl (C=O) groups is 1. The minimum absolute atomic E-state index is 0.534. The van der Waals surface area contributed by atoms with Crippen LogP contribution >= 0.6 is 0 Å². The molecule has 0 aliphatic rings. The minimum atomic E-state index is 0.534. The van der Waals surface area contributed by atoms with E-state index in [-0.39, 0.29) is 0 Å². The number of nitrogens with one attached hydrogen (secondary N) is 3. The molecule has 6 nitrogen and oxygen atoms in total. The number of H-pyrrole nitrogens is 1. The van der Waals surface area contributed by atoms with Crippen LogP contribution < -0.4 is 10.7 Å². The van der Waals surface area contributed by atoms with Gasteiger partial charge in [0.2, 0.25) is 12.4 Å². The average Bonchev–Trinajstić information content (AvgIpc) is 2.99. The number of aryl methyl sites for hydroxylation is 1. The van der Waals surface area contributed by atoms with E-state index in [0.717, 1.165) is 29.1 Å². The van der Waals surface area contributed by atoms with Crippen molar-refractivity contribution in [3.05, 3.63) is 59.7 Å². The summed E-state index contributed by atoms with van der Waals surface area (Å²) in [6.07, 6.45) is 2.13. The van der Waals surface area contributed by atoms with Gasteiger partial charge in [0.1, 0.15) is 0 Å². The largest absolute Gasteiger partial charge is 0.356 e. The second-order valence-corrected chi connectivity index (χ2v) is 5.05. The van der Waals surface area contributed by atoms with Crippen molar-refractivity contribution in [2.24, 2.45) is 5.10 Å². The van der Waals surface area contributed by atoms with Gasteiger partial charge in [0.25, 0.3) is 0 Å². The molecule has 0 unspecified atom stereocenters.